The smallest absolute Gasteiger partial charge is 0.0426 e. The zero-order chi connectivity index (χ0) is 11.1. The Kier molecular flexibility index (Phi) is 3.14. The van der Waals surface area contributed by atoms with Gasteiger partial charge in [-0.15, -0.1) is 0 Å². The number of hydrogen-bond acceptors (Lipinski definition) is 0. The van der Waals surface area contributed by atoms with Crippen LogP contribution < -0.4 is 0 Å². The minimum absolute atomic E-state index is 0.566. The van der Waals surface area contributed by atoms with Gasteiger partial charge in [-0.2, -0.15) is 0 Å². The van der Waals surface area contributed by atoms with Crippen LogP contribution in [0.15, 0.2) is 28.7 Å². The van der Waals surface area contributed by atoms with Gasteiger partial charge in [0.05, 0.1) is 0 Å². The Bertz CT molecular complexity index is 371. The van der Waals surface area contributed by atoms with Gasteiger partial charge in [-0.25, -0.2) is 0 Å². The Morgan fingerprint density at radius 3 is 2.38 bits per heavy atom. The van der Waals surface area contributed by atoms with Crippen molar-refractivity contribution in [1.29, 1.82) is 0 Å². The van der Waals surface area contributed by atoms with Gasteiger partial charge < -0.3 is 0 Å². The van der Waals surface area contributed by atoms with E-state index >= 15 is 0 Å². The second-order valence-corrected chi connectivity index (χ2v) is 7.19. The number of benzene rings is 1. The van der Waals surface area contributed by atoms with Gasteiger partial charge in [-0.05, 0) is 54.7 Å². The summed E-state index contributed by atoms with van der Waals surface area (Å²) in [6.45, 7) is 0. The highest BCUT2D eigenvalue weighted by atomic mass is 79.9. The summed E-state index contributed by atoms with van der Waals surface area (Å²) in [5, 5.41) is 0. The van der Waals surface area contributed by atoms with E-state index in [2.05, 4.69) is 56.1 Å². The molecule has 0 heterocycles. The van der Waals surface area contributed by atoms with E-state index in [1.165, 1.54) is 35.7 Å². The van der Waals surface area contributed by atoms with Gasteiger partial charge in [0.25, 0.3) is 0 Å². The lowest BCUT2D eigenvalue weighted by Gasteiger charge is -2.26. The SMILES string of the molecule is Brc1ccc(C(Br)C2CC3CCC2C3)cc1. The molecule has 1 aromatic rings. The largest absolute Gasteiger partial charge is 0.0836 e. The van der Waals surface area contributed by atoms with E-state index in [1.807, 2.05) is 0 Å². The summed E-state index contributed by atoms with van der Waals surface area (Å²) in [4.78, 5) is 0.566. The van der Waals surface area contributed by atoms with Gasteiger partial charge in [0, 0.05) is 9.30 Å². The van der Waals surface area contributed by atoms with E-state index in [9.17, 15) is 0 Å². The fraction of sp³-hybridized carbons (Fsp3) is 0.571. The maximum absolute atomic E-state index is 3.92. The molecule has 0 aliphatic heterocycles. The van der Waals surface area contributed by atoms with Crippen molar-refractivity contribution in [2.45, 2.75) is 30.5 Å². The van der Waals surface area contributed by atoms with Crippen LogP contribution in [0.2, 0.25) is 0 Å². The maximum Gasteiger partial charge on any atom is 0.0426 e. The molecule has 0 saturated heterocycles. The number of alkyl halides is 1. The molecule has 2 saturated carbocycles. The van der Waals surface area contributed by atoms with Crippen molar-refractivity contribution >= 4 is 31.9 Å². The van der Waals surface area contributed by atoms with E-state index in [0.29, 0.717) is 4.83 Å². The first-order valence-corrected chi connectivity index (χ1v) is 7.84. The second-order valence-electron chi connectivity index (χ2n) is 5.29. The van der Waals surface area contributed by atoms with Crippen LogP contribution in [0.25, 0.3) is 0 Å². The van der Waals surface area contributed by atoms with Crippen LogP contribution in [-0.4, -0.2) is 0 Å². The van der Waals surface area contributed by atoms with Crippen LogP contribution >= 0.6 is 31.9 Å². The molecule has 0 nitrogen and oxygen atoms in total. The molecule has 2 aliphatic rings. The minimum Gasteiger partial charge on any atom is -0.0836 e. The summed E-state index contributed by atoms with van der Waals surface area (Å²) in [7, 11) is 0. The normalized spacial score (nSPS) is 34.2. The lowest BCUT2D eigenvalue weighted by molar-refractivity contribution is 0.329. The molecule has 3 rings (SSSR count). The molecule has 86 valence electrons. The Labute approximate surface area is 114 Å². The monoisotopic (exact) mass is 342 g/mol. The van der Waals surface area contributed by atoms with Crippen LogP contribution in [0.5, 0.6) is 0 Å². The molecule has 0 N–H and O–H groups in total. The molecule has 2 aliphatic carbocycles. The average Bonchev–Trinajstić information content (AvgIpc) is 2.91. The molecule has 0 aromatic heterocycles. The molecule has 2 bridgehead atoms. The first-order chi connectivity index (χ1) is 7.74. The summed E-state index contributed by atoms with van der Waals surface area (Å²) in [5.74, 6) is 2.89. The number of fused-ring (bicyclic) bond motifs is 2. The molecule has 0 amide bonds. The highest BCUT2D eigenvalue weighted by molar-refractivity contribution is 9.10. The standard InChI is InChI=1S/C14H16Br2/c15-12-5-3-10(4-6-12)14(16)13-8-9-1-2-11(13)7-9/h3-6,9,11,13-14H,1-2,7-8H2. The quantitative estimate of drug-likeness (QED) is 0.637. The van der Waals surface area contributed by atoms with Crippen molar-refractivity contribution in [3.63, 3.8) is 0 Å². The van der Waals surface area contributed by atoms with Crippen molar-refractivity contribution in [3.8, 4) is 0 Å². The maximum atomic E-state index is 3.92. The molecule has 4 unspecified atom stereocenters. The van der Waals surface area contributed by atoms with Gasteiger partial charge in [-0.3, -0.25) is 0 Å². The van der Waals surface area contributed by atoms with Crippen molar-refractivity contribution in [2.75, 3.05) is 0 Å². The van der Waals surface area contributed by atoms with E-state index in [-0.39, 0.29) is 0 Å². The fourth-order valence-electron chi connectivity index (χ4n) is 3.55. The van der Waals surface area contributed by atoms with Crippen molar-refractivity contribution in [3.05, 3.63) is 34.3 Å². The molecular weight excluding hydrogens is 328 g/mol. The summed E-state index contributed by atoms with van der Waals surface area (Å²) in [6, 6.07) is 8.79. The van der Waals surface area contributed by atoms with E-state index in [4.69, 9.17) is 0 Å². The van der Waals surface area contributed by atoms with E-state index < -0.39 is 0 Å². The molecule has 0 radical (unpaired) electrons. The van der Waals surface area contributed by atoms with Crippen LogP contribution in [0.1, 0.15) is 36.1 Å². The zero-order valence-corrected chi connectivity index (χ0v) is 12.4. The Morgan fingerprint density at radius 1 is 1.06 bits per heavy atom. The first kappa shape index (κ1) is 11.3. The second kappa shape index (κ2) is 4.45. The third kappa shape index (κ3) is 1.99. The zero-order valence-electron chi connectivity index (χ0n) is 9.20. The van der Waals surface area contributed by atoms with Gasteiger partial charge in [0.1, 0.15) is 0 Å². The van der Waals surface area contributed by atoms with E-state index in [0.717, 1.165) is 17.8 Å². The molecule has 1 aromatic carbocycles. The van der Waals surface area contributed by atoms with Crippen LogP contribution in [-0.2, 0) is 0 Å². The molecule has 0 spiro atoms. The summed E-state index contributed by atoms with van der Waals surface area (Å²) in [6.07, 6.45) is 5.88. The van der Waals surface area contributed by atoms with Gasteiger partial charge in [-0.1, -0.05) is 50.4 Å². The van der Waals surface area contributed by atoms with Crippen molar-refractivity contribution in [2.24, 2.45) is 17.8 Å². The third-order valence-corrected chi connectivity index (χ3v) is 6.09. The van der Waals surface area contributed by atoms with Crippen LogP contribution in [0.3, 0.4) is 0 Å². The number of rotatable bonds is 2. The van der Waals surface area contributed by atoms with Gasteiger partial charge in [0.2, 0.25) is 0 Å². The molecule has 4 atom stereocenters. The third-order valence-electron chi connectivity index (χ3n) is 4.36. The average molecular weight is 344 g/mol. The minimum atomic E-state index is 0.566. The summed E-state index contributed by atoms with van der Waals surface area (Å²) in [5.41, 5.74) is 1.45. The first-order valence-electron chi connectivity index (χ1n) is 6.13. The van der Waals surface area contributed by atoms with Crippen LogP contribution in [0, 0.1) is 17.8 Å². The Morgan fingerprint density at radius 2 is 1.81 bits per heavy atom. The lowest BCUT2D eigenvalue weighted by atomic mass is 9.84. The molecule has 2 heteroatoms. The van der Waals surface area contributed by atoms with Crippen LogP contribution in [0.4, 0.5) is 0 Å². The summed E-state index contributed by atoms with van der Waals surface area (Å²) < 4.78 is 1.17. The summed E-state index contributed by atoms with van der Waals surface area (Å²) >= 11 is 7.42. The van der Waals surface area contributed by atoms with Crippen molar-refractivity contribution < 1.29 is 0 Å². The highest BCUT2D eigenvalue weighted by Gasteiger charge is 2.42. The van der Waals surface area contributed by atoms with Crippen molar-refractivity contribution in [1.82, 2.24) is 0 Å². The molecule has 16 heavy (non-hydrogen) atoms. The number of hydrogen-bond donors (Lipinski definition) is 0. The Balaban J connectivity index is 1.77. The van der Waals surface area contributed by atoms with E-state index in [1.54, 1.807) is 0 Å². The molecular formula is C14H16Br2. The fourth-order valence-corrected chi connectivity index (χ4v) is 4.76. The Hall–Kier alpha value is 0.180. The predicted molar refractivity (Wildman–Crippen MR) is 74.7 cm³/mol. The topological polar surface area (TPSA) is 0 Å². The van der Waals surface area contributed by atoms with Gasteiger partial charge in [0.15, 0.2) is 0 Å². The van der Waals surface area contributed by atoms with Gasteiger partial charge >= 0.3 is 0 Å². The predicted octanol–water partition coefficient (Wildman–Crippen LogP) is 5.32. The lowest BCUT2D eigenvalue weighted by Crippen LogP contribution is -2.15. The molecule has 2 fully saturated rings. The highest BCUT2D eigenvalue weighted by Crippen LogP contribution is 2.54. The number of halogens is 2.